The molecule has 2 fully saturated rings. The average molecular weight is 1050 g/mol. The fourth-order valence-corrected chi connectivity index (χ4v) is 4.86. The van der Waals surface area contributed by atoms with Gasteiger partial charge in [0.25, 0.3) is 0 Å². The zero-order valence-corrected chi connectivity index (χ0v) is 48.6. The van der Waals surface area contributed by atoms with E-state index in [2.05, 4.69) is 74.2 Å². The molecule has 0 spiro atoms. The number of fused-ring (bicyclic) bond motifs is 1. The average Bonchev–Trinajstić information content (AvgIpc) is 3.72. The van der Waals surface area contributed by atoms with Crippen molar-refractivity contribution in [2.24, 2.45) is 16.6 Å². The molecule has 0 aliphatic carbocycles. The van der Waals surface area contributed by atoms with Gasteiger partial charge in [-0.05, 0) is 32.1 Å². The van der Waals surface area contributed by atoms with Gasteiger partial charge in [0.05, 0.1) is 25.8 Å². The number of nitrogens with zero attached hydrogens (tertiary/aromatic N) is 8. The van der Waals surface area contributed by atoms with Crippen molar-refractivity contribution in [3.05, 3.63) is 16.8 Å². The molecule has 0 aromatic carbocycles. The Labute approximate surface area is 445 Å². The summed E-state index contributed by atoms with van der Waals surface area (Å²) in [7, 11) is 22.7. The summed E-state index contributed by atoms with van der Waals surface area (Å²) in [6.45, 7) is 32.8. The Balaban J connectivity index is -0.000000110. The Kier molecular flexibility index (Phi) is 59.9. The van der Waals surface area contributed by atoms with Crippen molar-refractivity contribution in [1.29, 1.82) is 0 Å². The number of amides is 9. The normalized spacial score (nSPS) is 12.7. The zero-order valence-electron chi connectivity index (χ0n) is 46.3. The summed E-state index contributed by atoms with van der Waals surface area (Å²) in [6, 6.07) is 0.242. The number of hydrogen-bond acceptors (Lipinski definition) is 10. The predicted molar refractivity (Wildman–Crippen MR) is 306 cm³/mol. The Morgan fingerprint density at radius 3 is 1.25 bits per heavy atom. The minimum atomic E-state index is -0.333. The summed E-state index contributed by atoms with van der Waals surface area (Å²) in [6.07, 6.45) is 1.19. The third kappa shape index (κ3) is 45.2. The number of aliphatic imine (C=N–C) groups is 1. The van der Waals surface area contributed by atoms with Crippen LogP contribution in [0.3, 0.4) is 0 Å². The van der Waals surface area contributed by atoms with E-state index in [9.17, 15) is 43.2 Å². The van der Waals surface area contributed by atoms with E-state index >= 15 is 0 Å². The number of β-lactam (4-membered cyclic amide) rings is 1. The molecule has 0 saturated carbocycles. The third-order valence-corrected chi connectivity index (χ3v) is 9.79. The van der Waals surface area contributed by atoms with Gasteiger partial charge in [-0.3, -0.25) is 43.3 Å². The van der Waals surface area contributed by atoms with E-state index in [1.807, 2.05) is 57.1 Å². The molecular formula is C43H89B6N12O9P2. The number of hydrogen-bond donors (Lipinski definition) is 4. The molecule has 7 radical (unpaired) electrons. The molecule has 3 aliphatic rings. The minimum Gasteiger partial charge on any atom is -0.370 e. The summed E-state index contributed by atoms with van der Waals surface area (Å²) in [5.41, 5.74) is 7.04. The number of nitrogens with two attached hydrogens (primary N) is 1. The molecule has 4 atom stereocenters. The van der Waals surface area contributed by atoms with Gasteiger partial charge in [-0.1, -0.05) is 35.1 Å². The van der Waals surface area contributed by atoms with Gasteiger partial charge >= 0.3 is 72.9 Å². The van der Waals surface area contributed by atoms with Crippen molar-refractivity contribution in [2.75, 3.05) is 75.3 Å². The third-order valence-electron chi connectivity index (χ3n) is 9.25. The Hall–Kier alpha value is -4.64. The maximum atomic E-state index is 11.0. The fourth-order valence-electron chi connectivity index (χ4n) is 4.35. The first kappa shape index (κ1) is 84.2. The van der Waals surface area contributed by atoms with Crippen LogP contribution in [0.5, 0.6) is 0 Å². The molecule has 4 unspecified atom stereocenters. The summed E-state index contributed by atoms with van der Waals surface area (Å²) < 4.78 is 0. The molecular weight excluding hydrogens is 955 g/mol. The van der Waals surface area contributed by atoms with Crippen molar-refractivity contribution in [2.45, 2.75) is 123 Å². The van der Waals surface area contributed by atoms with E-state index in [0.29, 0.717) is 25.8 Å². The second-order valence-electron chi connectivity index (χ2n) is 15.1. The van der Waals surface area contributed by atoms with Crippen LogP contribution in [0.15, 0.2) is 10.8 Å². The SMILES string of the molecule is C.CC.CC.CC(=O)N(C)C.CC(=O)N(C)CN(C)C(C)=O.CC(=O)N(C)CN(C)C(C)=O.CC(=O)N1CCC1.CC(=O)N1Cc2bbcbc2C1.CC(N)=O.CC1NC(=O)C1CN=C(NP)NP.[B].[B][B]. The summed E-state index contributed by atoms with van der Waals surface area (Å²) in [5, 5.41) is 8.33. The second-order valence-corrected chi connectivity index (χ2v) is 15.6. The molecule has 2 saturated heterocycles. The van der Waals surface area contributed by atoms with Crippen LogP contribution in [-0.2, 0) is 56.2 Å². The molecule has 0 bridgehead atoms. The predicted octanol–water partition coefficient (Wildman–Crippen LogP) is -0.0289. The van der Waals surface area contributed by atoms with Gasteiger partial charge in [0, 0.05) is 134 Å². The van der Waals surface area contributed by atoms with Crippen LogP contribution >= 0.6 is 18.8 Å². The van der Waals surface area contributed by atoms with Crippen LogP contribution in [0.25, 0.3) is 0 Å². The first-order valence-electron chi connectivity index (χ1n) is 22.5. The van der Waals surface area contributed by atoms with Crippen molar-refractivity contribution in [1.82, 2.24) is 49.8 Å². The van der Waals surface area contributed by atoms with E-state index in [0.717, 1.165) is 26.2 Å². The number of carbonyl (C=O) groups excluding carboxylic acids is 9. The first-order chi connectivity index (χ1) is 32.5. The Bertz CT molecular complexity index is 1640. The molecule has 4 rings (SSSR count). The molecule has 403 valence electrons. The molecule has 1 aromatic rings. The van der Waals surface area contributed by atoms with Crippen molar-refractivity contribution >= 4 is 122 Å². The van der Waals surface area contributed by atoms with Gasteiger partial charge in [0.15, 0.2) is 5.96 Å². The minimum absolute atomic E-state index is 0. The maximum Gasteiger partial charge on any atom is 0.227 e. The standard InChI is InChI=1S/C7H8B3NO.2C7H14N2O2.C6H14N4OP2.C5H9NO.C4H9NO.C2H5NO.2C2H6.CH4.B2.B/c1-5(12)11-2-6-7(3-11)10-9-4-8-6;2*1-6(10)8(3)5-9(4)7(2)11;1-3-4(5(11)8-3)2-7-6(9-12)10-13;1-5(7)6-3-2-4-6;1-4(6)5(2)3;1-2(3)4;2*1-2;;1-2;/h4H,2-3H2,1H3;2*5H2,1-4H3;3-4H,2,12-13H2,1H3,(H,8,11)(H2,7,9,10);2-4H2,1H3;1-3H3;1H3,(H2,3,4);2*1-2H3;1H4;;. The van der Waals surface area contributed by atoms with Crippen LogP contribution in [0, 0.1) is 5.92 Å². The molecule has 21 nitrogen and oxygen atoms in total. The fraction of sp³-hybridized carbons (Fsp3) is 0.698. The molecule has 3 aliphatic heterocycles. The maximum absolute atomic E-state index is 11.0. The second kappa shape index (κ2) is 51.3. The van der Waals surface area contributed by atoms with Crippen LogP contribution in [0.4, 0.5) is 0 Å². The number of nitrogens with one attached hydrogen (secondary N) is 3. The van der Waals surface area contributed by atoms with Gasteiger partial charge < -0.3 is 50.6 Å². The monoisotopic (exact) mass is 1050 g/mol. The molecule has 9 amide bonds. The number of rotatable bonds is 6. The first-order valence-corrected chi connectivity index (χ1v) is 23.7. The zero-order chi connectivity index (χ0) is 56.4. The van der Waals surface area contributed by atoms with Crippen LogP contribution in [0.1, 0.15) is 115 Å². The largest absolute Gasteiger partial charge is 0.370 e. The molecule has 72 heavy (non-hydrogen) atoms. The van der Waals surface area contributed by atoms with Crippen LogP contribution < -0.4 is 21.2 Å². The molecule has 5 N–H and O–H groups in total. The van der Waals surface area contributed by atoms with Crippen LogP contribution in [0.2, 0.25) is 0 Å². The van der Waals surface area contributed by atoms with Gasteiger partial charge in [-0.2, -0.15) is 0 Å². The van der Waals surface area contributed by atoms with Crippen molar-refractivity contribution < 1.29 is 43.2 Å². The summed E-state index contributed by atoms with van der Waals surface area (Å²) in [5.74, 6) is 2.72. The number of likely N-dealkylation sites (tertiary alicyclic amines) is 1. The molecule has 1 aromatic heterocycles. The van der Waals surface area contributed by atoms with E-state index in [4.69, 9.17) is 0 Å². The number of carbonyl (C=O) groups is 9. The van der Waals surface area contributed by atoms with E-state index in [1.54, 1.807) is 56.1 Å². The van der Waals surface area contributed by atoms with Crippen LogP contribution in [-0.4, -0.2) is 219 Å². The summed E-state index contributed by atoms with van der Waals surface area (Å²) in [4.78, 5) is 110. The van der Waals surface area contributed by atoms with Crippen molar-refractivity contribution in [3.63, 3.8) is 0 Å². The van der Waals surface area contributed by atoms with Gasteiger partial charge in [0.2, 0.25) is 47.3 Å². The molecule has 29 heteroatoms. The Morgan fingerprint density at radius 1 is 0.708 bits per heavy atom. The van der Waals surface area contributed by atoms with E-state index in [-0.39, 0.29) is 81.0 Å². The van der Waals surface area contributed by atoms with Gasteiger partial charge in [-0.25, -0.2) is 0 Å². The summed E-state index contributed by atoms with van der Waals surface area (Å²) >= 11 is 0. The van der Waals surface area contributed by atoms with E-state index < -0.39 is 0 Å². The quantitative estimate of drug-likeness (QED) is 0.0736. The number of guanidine groups is 1. The Morgan fingerprint density at radius 2 is 1.04 bits per heavy atom. The van der Waals surface area contributed by atoms with E-state index in [1.165, 1.54) is 83.4 Å². The van der Waals surface area contributed by atoms with Gasteiger partial charge in [0.1, 0.15) is 0 Å². The number of primary amides is 1. The van der Waals surface area contributed by atoms with Gasteiger partial charge in [-0.15, -0.1) is 0 Å². The molecule has 4 heterocycles. The topological polar surface area (TPSA) is 251 Å². The smallest absolute Gasteiger partial charge is 0.227 e. The van der Waals surface area contributed by atoms with Crippen molar-refractivity contribution in [3.8, 4) is 0 Å².